The van der Waals surface area contributed by atoms with Crippen LogP contribution >= 0.6 is 11.3 Å². The van der Waals surface area contributed by atoms with Gasteiger partial charge >= 0.3 is 5.97 Å². The molecule has 7 heteroatoms. The second-order valence-corrected chi connectivity index (χ2v) is 6.49. The van der Waals surface area contributed by atoms with Crippen LogP contribution in [0, 0.1) is 6.92 Å². The molecule has 1 aromatic heterocycles. The fourth-order valence-electron chi connectivity index (χ4n) is 1.48. The fraction of sp³-hybridized carbons (Fsp3) is 0.0833. The van der Waals surface area contributed by atoms with Crippen molar-refractivity contribution < 1.29 is 18.3 Å². The van der Waals surface area contributed by atoms with E-state index in [1.54, 1.807) is 12.1 Å². The van der Waals surface area contributed by atoms with E-state index < -0.39 is 16.0 Å². The largest absolute Gasteiger partial charge is 0.477 e. The number of hydrogen-bond acceptors (Lipinski definition) is 4. The molecular formula is C12H11NO4S2. The summed E-state index contributed by atoms with van der Waals surface area (Å²) < 4.78 is 26.5. The Bertz CT molecular complexity index is 702. The molecule has 5 nitrogen and oxygen atoms in total. The van der Waals surface area contributed by atoms with E-state index in [9.17, 15) is 13.2 Å². The van der Waals surface area contributed by atoms with Crippen LogP contribution in [0.15, 0.2) is 40.6 Å². The summed E-state index contributed by atoms with van der Waals surface area (Å²) in [6.07, 6.45) is 0. The molecular weight excluding hydrogens is 286 g/mol. The van der Waals surface area contributed by atoms with Crippen LogP contribution in [0.1, 0.15) is 15.2 Å². The lowest BCUT2D eigenvalue weighted by Crippen LogP contribution is -2.14. The molecule has 1 heterocycles. The van der Waals surface area contributed by atoms with E-state index in [4.69, 9.17) is 5.11 Å². The Morgan fingerprint density at radius 3 is 2.42 bits per heavy atom. The van der Waals surface area contributed by atoms with Crippen molar-refractivity contribution in [3.63, 3.8) is 0 Å². The number of aromatic carboxylic acids is 1. The maximum atomic E-state index is 12.1. The first-order chi connectivity index (χ1) is 8.90. The zero-order chi connectivity index (χ0) is 14.0. The summed E-state index contributed by atoms with van der Waals surface area (Å²) in [4.78, 5) is 11.0. The summed E-state index contributed by atoms with van der Waals surface area (Å²) in [7, 11) is -3.76. The molecule has 0 bridgehead atoms. The number of rotatable bonds is 4. The molecule has 0 aliphatic rings. The van der Waals surface area contributed by atoms with Gasteiger partial charge in [-0.1, -0.05) is 17.7 Å². The average Bonchev–Trinajstić information content (AvgIpc) is 2.77. The molecule has 0 saturated carbocycles. The molecule has 0 fully saturated rings. The second-order valence-electron chi connectivity index (χ2n) is 3.89. The Morgan fingerprint density at radius 1 is 1.21 bits per heavy atom. The minimum absolute atomic E-state index is 0.0318. The first kappa shape index (κ1) is 13.6. The number of nitrogens with one attached hydrogen (secondary N) is 1. The number of anilines is 1. The van der Waals surface area contributed by atoms with Crippen LogP contribution in [-0.2, 0) is 10.0 Å². The van der Waals surface area contributed by atoms with Gasteiger partial charge in [0.25, 0.3) is 10.0 Å². The number of thiophene rings is 1. The van der Waals surface area contributed by atoms with Crippen LogP contribution in [0.5, 0.6) is 0 Å². The molecule has 0 aliphatic carbocycles. The summed E-state index contributed by atoms with van der Waals surface area (Å²) >= 11 is 0.969. The van der Waals surface area contributed by atoms with Gasteiger partial charge in [-0.05, 0) is 30.5 Å². The predicted molar refractivity (Wildman–Crippen MR) is 73.3 cm³/mol. The van der Waals surface area contributed by atoms with E-state index in [-0.39, 0.29) is 15.5 Å². The lowest BCUT2D eigenvalue weighted by Gasteiger charge is -2.07. The van der Waals surface area contributed by atoms with Crippen LogP contribution in [0.3, 0.4) is 0 Å². The van der Waals surface area contributed by atoms with Gasteiger partial charge in [0, 0.05) is 0 Å². The summed E-state index contributed by atoms with van der Waals surface area (Å²) in [6, 6.07) is 7.75. The zero-order valence-corrected chi connectivity index (χ0v) is 11.6. The zero-order valence-electron chi connectivity index (χ0n) is 9.95. The quantitative estimate of drug-likeness (QED) is 0.908. The van der Waals surface area contributed by atoms with Gasteiger partial charge in [0.2, 0.25) is 0 Å². The summed E-state index contributed by atoms with van der Waals surface area (Å²) in [6.45, 7) is 1.85. The first-order valence-electron chi connectivity index (χ1n) is 5.30. The number of carboxylic acids is 1. The van der Waals surface area contributed by atoms with Gasteiger partial charge in [-0.25, -0.2) is 13.2 Å². The topological polar surface area (TPSA) is 83.5 Å². The number of carboxylic acid groups (broad SMARTS) is 1. The molecule has 2 aromatic rings. The van der Waals surface area contributed by atoms with E-state index in [2.05, 4.69) is 4.72 Å². The number of aryl methyl sites for hydroxylation is 1. The van der Waals surface area contributed by atoms with Gasteiger partial charge in [-0.2, -0.15) is 0 Å². The molecule has 0 atom stereocenters. The Hall–Kier alpha value is -1.86. The minimum Gasteiger partial charge on any atom is -0.477 e. The van der Waals surface area contributed by atoms with Crippen LogP contribution in [0.2, 0.25) is 0 Å². The average molecular weight is 297 g/mol. The molecule has 19 heavy (non-hydrogen) atoms. The van der Waals surface area contributed by atoms with Crippen molar-refractivity contribution in [3.05, 3.63) is 46.2 Å². The Balaban J connectivity index is 2.34. The third-order valence-electron chi connectivity index (χ3n) is 2.44. The van der Waals surface area contributed by atoms with E-state index >= 15 is 0 Å². The second kappa shape index (κ2) is 5.02. The van der Waals surface area contributed by atoms with Gasteiger partial charge in [-0.3, -0.25) is 4.72 Å². The van der Waals surface area contributed by atoms with E-state index in [0.717, 1.165) is 16.9 Å². The van der Waals surface area contributed by atoms with Crippen molar-refractivity contribution in [3.8, 4) is 0 Å². The molecule has 0 spiro atoms. The highest BCUT2D eigenvalue weighted by molar-refractivity contribution is 7.92. The van der Waals surface area contributed by atoms with Crippen LogP contribution in [0.4, 0.5) is 5.69 Å². The molecule has 2 rings (SSSR count). The standard InChI is InChI=1S/C12H11NO4S2/c1-8-2-4-9(5-3-8)19(16,17)13-10-6-7-18-11(10)12(14)15/h2-7,13H,1H3,(H,14,15). The summed E-state index contributed by atoms with van der Waals surface area (Å²) in [5.74, 6) is -1.16. The summed E-state index contributed by atoms with van der Waals surface area (Å²) in [5.41, 5.74) is 1.03. The smallest absolute Gasteiger partial charge is 0.348 e. The highest BCUT2D eigenvalue weighted by atomic mass is 32.2. The van der Waals surface area contributed by atoms with Crippen molar-refractivity contribution in [2.45, 2.75) is 11.8 Å². The van der Waals surface area contributed by atoms with Gasteiger partial charge in [0.05, 0.1) is 10.6 Å². The first-order valence-corrected chi connectivity index (χ1v) is 7.67. The van der Waals surface area contributed by atoms with Crippen molar-refractivity contribution in [1.29, 1.82) is 0 Å². The van der Waals surface area contributed by atoms with Crippen LogP contribution in [0.25, 0.3) is 0 Å². The van der Waals surface area contributed by atoms with Gasteiger partial charge in [0.1, 0.15) is 4.88 Å². The molecule has 0 amide bonds. The predicted octanol–water partition coefficient (Wildman–Crippen LogP) is 2.56. The molecule has 0 saturated heterocycles. The highest BCUT2D eigenvalue weighted by Gasteiger charge is 2.19. The number of sulfonamides is 1. The van der Waals surface area contributed by atoms with E-state index in [1.165, 1.54) is 23.6 Å². The maximum Gasteiger partial charge on any atom is 0.348 e. The monoisotopic (exact) mass is 297 g/mol. The fourth-order valence-corrected chi connectivity index (χ4v) is 3.30. The lowest BCUT2D eigenvalue weighted by atomic mass is 10.2. The molecule has 2 N–H and O–H groups in total. The van der Waals surface area contributed by atoms with Gasteiger partial charge < -0.3 is 5.11 Å². The van der Waals surface area contributed by atoms with Crippen molar-refractivity contribution >= 4 is 33.0 Å². The molecule has 0 aliphatic heterocycles. The van der Waals surface area contributed by atoms with Crippen molar-refractivity contribution in [1.82, 2.24) is 0 Å². The lowest BCUT2D eigenvalue weighted by molar-refractivity contribution is 0.0703. The van der Waals surface area contributed by atoms with Crippen LogP contribution in [-0.4, -0.2) is 19.5 Å². The van der Waals surface area contributed by atoms with Gasteiger partial charge in [-0.15, -0.1) is 11.3 Å². The highest BCUT2D eigenvalue weighted by Crippen LogP contribution is 2.25. The summed E-state index contributed by atoms with van der Waals surface area (Å²) in [5, 5.41) is 10.5. The third-order valence-corrected chi connectivity index (χ3v) is 4.72. The van der Waals surface area contributed by atoms with Gasteiger partial charge in [0.15, 0.2) is 0 Å². The number of benzene rings is 1. The number of hydrogen-bond donors (Lipinski definition) is 2. The maximum absolute atomic E-state index is 12.1. The Kier molecular flexibility index (Phi) is 3.59. The molecule has 0 radical (unpaired) electrons. The Labute approximate surface area is 114 Å². The van der Waals surface area contributed by atoms with E-state index in [1.807, 2.05) is 6.92 Å². The SMILES string of the molecule is Cc1ccc(S(=O)(=O)Nc2ccsc2C(=O)O)cc1. The van der Waals surface area contributed by atoms with Crippen LogP contribution < -0.4 is 4.72 Å². The third kappa shape index (κ3) is 2.94. The van der Waals surface area contributed by atoms with Crippen molar-refractivity contribution in [2.75, 3.05) is 4.72 Å². The van der Waals surface area contributed by atoms with E-state index in [0.29, 0.717) is 0 Å². The number of carbonyl (C=O) groups is 1. The molecule has 1 aromatic carbocycles. The minimum atomic E-state index is -3.76. The van der Waals surface area contributed by atoms with Crippen molar-refractivity contribution in [2.24, 2.45) is 0 Å². The normalized spacial score (nSPS) is 11.2. The Morgan fingerprint density at radius 2 is 1.84 bits per heavy atom. The molecule has 100 valence electrons. The molecule has 0 unspecified atom stereocenters.